The molecular weight excluding hydrogens is 274 g/mol. The predicted molar refractivity (Wildman–Crippen MR) is 82.4 cm³/mol. The molecule has 0 radical (unpaired) electrons. The maximum atomic E-state index is 12.3. The van der Waals surface area contributed by atoms with Gasteiger partial charge in [0.05, 0.1) is 12.0 Å². The molecule has 0 spiro atoms. The Labute approximate surface area is 126 Å². The fourth-order valence-electron chi connectivity index (χ4n) is 2.30. The van der Waals surface area contributed by atoms with Gasteiger partial charge in [-0.25, -0.2) is 4.79 Å². The van der Waals surface area contributed by atoms with Gasteiger partial charge in [-0.1, -0.05) is 27.7 Å². The highest BCUT2D eigenvalue weighted by molar-refractivity contribution is 7.99. The van der Waals surface area contributed by atoms with Crippen molar-refractivity contribution in [2.75, 3.05) is 11.6 Å². The lowest BCUT2D eigenvalue weighted by Gasteiger charge is -2.26. The van der Waals surface area contributed by atoms with Crippen LogP contribution in [0.3, 0.4) is 0 Å². The van der Waals surface area contributed by atoms with E-state index in [1.807, 2.05) is 20.8 Å². The highest BCUT2D eigenvalue weighted by Crippen LogP contribution is 2.25. The minimum Gasteiger partial charge on any atom is -0.461 e. The minimum absolute atomic E-state index is 0.0305. The number of hydrogen-bond donors (Lipinski definition) is 0. The molecule has 1 amide bonds. The summed E-state index contributed by atoms with van der Waals surface area (Å²) in [7, 11) is 0. The summed E-state index contributed by atoms with van der Waals surface area (Å²) in [6.07, 6.45) is 1.56. The average molecular weight is 301 g/mol. The fourth-order valence-corrected chi connectivity index (χ4v) is 3.45. The van der Waals surface area contributed by atoms with E-state index in [4.69, 9.17) is 4.74 Å². The first-order chi connectivity index (χ1) is 9.36. The van der Waals surface area contributed by atoms with E-state index in [0.717, 1.165) is 12.8 Å². The Morgan fingerprint density at radius 3 is 2.50 bits per heavy atom. The Balaban J connectivity index is 2.60. The molecule has 1 rings (SSSR count). The zero-order valence-electron chi connectivity index (χ0n) is 13.2. The molecule has 0 bridgehead atoms. The van der Waals surface area contributed by atoms with Crippen LogP contribution < -0.4 is 0 Å². The van der Waals surface area contributed by atoms with Crippen molar-refractivity contribution in [2.45, 2.75) is 59.6 Å². The first-order valence-corrected chi connectivity index (χ1v) is 8.61. The number of ether oxygens (including phenoxy) is 1. The van der Waals surface area contributed by atoms with Crippen molar-refractivity contribution >= 4 is 23.6 Å². The molecule has 0 saturated carbocycles. The van der Waals surface area contributed by atoms with Crippen molar-refractivity contribution in [2.24, 2.45) is 11.8 Å². The van der Waals surface area contributed by atoms with E-state index in [1.165, 1.54) is 0 Å². The number of carbonyl (C=O) groups is 2. The lowest BCUT2D eigenvalue weighted by Crippen LogP contribution is -2.45. The van der Waals surface area contributed by atoms with Gasteiger partial charge in [-0.2, -0.15) is 0 Å². The third kappa shape index (κ3) is 4.69. The van der Waals surface area contributed by atoms with Crippen molar-refractivity contribution in [3.63, 3.8) is 0 Å². The van der Waals surface area contributed by atoms with Gasteiger partial charge in [-0.05, 0) is 25.7 Å². The van der Waals surface area contributed by atoms with Crippen LogP contribution in [-0.4, -0.2) is 40.6 Å². The Kier molecular flexibility index (Phi) is 6.86. The van der Waals surface area contributed by atoms with E-state index in [2.05, 4.69) is 13.8 Å². The topological polar surface area (TPSA) is 46.6 Å². The van der Waals surface area contributed by atoms with Crippen molar-refractivity contribution in [3.05, 3.63) is 0 Å². The van der Waals surface area contributed by atoms with Crippen LogP contribution in [0.1, 0.15) is 47.5 Å². The summed E-state index contributed by atoms with van der Waals surface area (Å²) in [5, 5.41) is 0. The summed E-state index contributed by atoms with van der Waals surface area (Å²) in [5.41, 5.74) is 0. The lowest BCUT2D eigenvalue weighted by atomic mass is 10.1. The van der Waals surface area contributed by atoms with Gasteiger partial charge in [-0.3, -0.25) is 4.79 Å². The average Bonchev–Trinajstić information content (AvgIpc) is 2.84. The second kappa shape index (κ2) is 7.91. The zero-order valence-corrected chi connectivity index (χ0v) is 14.0. The molecule has 4 nitrogen and oxygen atoms in total. The lowest BCUT2D eigenvalue weighted by molar-refractivity contribution is -0.158. The maximum absolute atomic E-state index is 12.3. The molecule has 116 valence electrons. The van der Waals surface area contributed by atoms with Gasteiger partial charge in [0.15, 0.2) is 0 Å². The molecule has 1 fully saturated rings. The number of rotatable bonds is 6. The van der Waals surface area contributed by atoms with Gasteiger partial charge in [0.2, 0.25) is 5.91 Å². The summed E-state index contributed by atoms with van der Waals surface area (Å²) >= 11 is 1.62. The second-order valence-electron chi connectivity index (χ2n) is 6.01. The molecule has 0 unspecified atom stereocenters. The minimum atomic E-state index is -0.406. The van der Waals surface area contributed by atoms with Crippen molar-refractivity contribution < 1.29 is 14.3 Å². The first kappa shape index (κ1) is 17.3. The van der Waals surface area contributed by atoms with Crippen LogP contribution in [0.4, 0.5) is 0 Å². The highest BCUT2D eigenvalue weighted by atomic mass is 32.2. The van der Waals surface area contributed by atoms with Gasteiger partial charge in [0, 0.05) is 11.7 Å². The predicted octanol–water partition coefficient (Wildman–Crippen LogP) is 2.91. The van der Waals surface area contributed by atoms with E-state index < -0.39 is 6.04 Å². The van der Waals surface area contributed by atoms with Crippen LogP contribution in [0.15, 0.2) is 0 Å². The van der Waals surface area contributed by atoms with Gasteiger partial charge in [-0.15, -0.1) is 11.8 Å². The molecular formula is C15H27NO3S. The summed E-state index contributed by atoms with van der Waals surface area (Å²) < 4.78 is 5.49. The number of nitrogens with zero attached hydrogens (tertiary/aromatic N) is 1. The van der Waals surface area contributed by atoms with Crippen LogP contribution in [0, 0.1) is 11.8 Å². The zero-order chi connectivity index (χ0) is 15.3. The van der Waals surface area contributed by atoms with Crippen LogP contribution in [0.2, 0.25) is 0 Å². The standard InChI is InChI=1S/C15H27NO3S/c1-6-11(4)14(17)16-9-20-8-13(16)15(18)19-12(5)7-10(2)3/h10-13H,6-9H2,1-5H3/t11-,12-,13-/m0/s1. The maximum Gasteiger partial charge on any atom is 0.330 e. The summed E-state index contributed by atoms with van der Waals surface area (Å²) in [6.45, 7) is 10.0. The molecule has 0 aliphatic carbocycles. The molecule has 1 aliphatic rings. The smallest absolute Gasteiger partial charge is 0.330 e. The molecule has 0 aromatic rings. The number of thioether (sulfide) groups is 1. The highest BCUT2D eigenvalue weighted by Gasteiger charge is 2.37. The molecule has 0 aromatic carbocycles. The quantitative estimate of drug-likeness (QED) is 0.708. The third-order valence-corrected chi connectivity index (χ3v) is 4.60. The Morgan fingerprint density at radius 2 is 1.95 bits per heavy atom. The fraction of sp³-hybridized carbons (Fsp3) is 0.867. The molecule has 0 aromatic heterocycles. The molecule has 20 heavy (non-hydrogen) atoms. The number of esters is 1. The number of amides is 1. The van der Waals surface area contributed by atoms with E-state index in [-0.39, 0.29) is 23.9 Å². The van der Waals surface area contributed by atoms with Crippen LogP contribution in [-0.2, 0) is 14.3 Å². The van der Waals surface area contributed by atoms with Crippen LogP contribution in [0.5, 0.6) is 0 Å². The second-order valence-corrected chi connectivity index (χ2v) is 7.01. The van der Waals surface area contributed by atoms with Crippen molar-refractivity contribution in [1.82, 2.24) is 4.90 Å². The Hall–Kier alpha value is -0.710. The SMILES string of the molecule is CC[C@H](C)C(=O)N1CSC[C@H]1C(=O)O[C@@H](C)CC(C)C. The molecule has 1 saturated heterocycles. The molecule has 3 atom stereocenters. The summed E-state index contributed by atoms with van der Waals surface area (Å²) in [6, 6.07) is -0.406. The number of carbonyl (C=O) groups excluding carboxylic acids is 2. The first-order valence-electron chi connectivity index (χ1n) is 7.45. The van der Waals surface area contributed by atoms with Gasteiger partial charge in [0.25, 0.3) is 0 Å². The molecule has 5 heteroatoms. The number of hydrogen-bond acceptors (Lipinski definition) is 4. The molecule has 1 aliphatic heterocycles. The largest absolute Gasteiger partial charge is 0.461 e. The third-order valence-electron chi connectivity index (χ3n) is 3.59. The van der Waals surface area contributed by atoms with Gasteiger partial charge < -0.3 is 9.64 Å². The van der Waals surface area contributed by atoms with Crippen molar-refractivity contribution in [1.29, 1.82) is 0 Å². The van der Waals surface area contributed by atoms with Gasteiger partial charge in [0.1, 0.15) is 6.04 Å². The van der Waals surface area contributed by atoms with E-state index in [0.29, 0.717) is 17.5 Å². The van der Waals surface area contributed by atoms with E-state index in [9.17, 15) is 9.59 Å². The van der Waals surface area contributed by atoms with E-state index >= 15 is 0 Å². The molecule has 0 N–H and O–H groups in total. The summed E-state index contributed by atoms with van der Waals surface area (Å²) in [5.74, 6) is 1.53. The Bertz CT molecular complexity index is 346. The van der Waals surface area contributed by atoms with Crippen molar-refractivity contribution in [3.8, 4) is 0 Å². The normalized spacial score (nSPS) is 21.9. The summed E-state index contributed by atoms with van der Waals surface area (Å²) in [4.78, 5) is 26.2. The van der Waals surface area contributed by atoms with Gasteiger partial charge >= 0.3 is 5.97 Å². The van der Waals surface area contributed by atoms with E-state index in [1.54, 1.807) is 16.7 Å². The molecule has 1 heterocycles. The Morgan fingerprint density at radius 1 is 1.30 bits per heavy atom. The van der Waals surface area contributed by atoms with Crippen LogP contribution in [0.25, 0.3) is 0 Å². The van der Waals surface area contributed by atoms with Crippen LogP contribution >= 0.6 is 11.8 Å². The monoisotopic (exact) mass is 301 g/mol.